The fraction of sp³-hybridized carbons (Fsp3) is 0.857. The van der Waals surface area contributed by atoms with Gasteiger partial charge in [0.1, 0.15) is 0 Å². The van der Waals surface area contributed by atoms with Gasteiger partial charge in [-0.2, -0.15) is 0 Å². The summed E-state index contributed by atoms with van der Waals surface area (Å²) in [7, 11) is 0. The first kappa shape index (κ1) is 14.2. The van der Waals surface area contributed by atoms with E-state index in [4.69, 9.17) is 5.11 Å². The van der Waals surface area contributed by atoms with E-state index in [0.717, 1.165) is 12.8 Å². The third-order valence-electron chi connectivity index (χ3n) is 4.29. The molecule has 0 saturated heterocycles. The summed E-state index contributed by atoms with van der Waals surface area (Å²) in [6, 6.07) is 0.174. The summed E-state index contributed by atoms with van der Waals surface area (Å²) in [5, 5.41) is 11.7. The van der Waals surface area contributed by atoms with Crippen molar-refractivity contribution in [2.75, 3.05) is 13.1 Å². The van der Waals surface area contributed by atoms with Crippen LogP contribution in [0.4, 0.5) is 4.79 Å². The minimum absolute atomic E-state index is 0.0290. The molecule has 0 atom stereocenters. The minimum atomic E-state index is -0.846. The summed E-state index contributed by atoms with van der Waals surface area (Å²) < 4.78 is 0. The second-order valence-corrected chi connectivity index (χ2v) is 6.24. The van der Waals surface area contributed by atoms with Gasteiger partial charge in [-0.25, -0.2) is 4.79 Å². The summed E-state index contributed by atoms with van der Waals surface area (Å²) in [6.45, 7) is 3.25. The lowest BCUT2D eigenvalue weighted by Crippen LogP contribution is -2.45. The first-order chi connectivity index (χ1) is 9.00. The summed E-state index contributed by atoms with van der Waals surface area (Å²) in [4.78, 5) is 24.5. The van der Waals surface area contributed by atoms with Crippen molar-refractivity contribution in [3.8, 4) is 0 Å². The molecule has 5 nitrogen and oxygen atoms in total. The molecule has 2 aliphatic carbocycles. The van der Waals surface area contributed by atoms with Gasteiger partial charge in [-0.3, -0.25) is 4.79 Å². The highest BCUT2D eigenvalue weighted by molar-refractivity contribution is 5.76. The van der Waals surface area contributed by atoms with E-state index in [1.165, 1.54) is 25.7 Å². The topological polar surface area (TPSA) is 69.6 Å². The number of amides is 2. The van der Waals surface area contributed by atoms with Crippen molar-refractivity contribution in [3.63, 3.8) is 0 Å². The third-order valence-corrected chi connectivity index (χ3v) is 4.29. The summed E-state index contributed by atoms with van der Waals surface area (Å²) in [6.07, 6.45) is 6.88. The molecule has 2 rings (SSSR count). The number of nitrogens with one attached hydrogen (secondary N) is 1. The second kappa shape index (κ2) is 5.80. The molecule has 2 fully saturated rings. The highest BCUT2D eigenvalue weighted by atomic mass is 16.4. The number of hydrogen-bond acceptors (Lipinski definition) is 2. The standard InChI is InChI=1S/C14H24N2O3/c1-14(7-2-3-8-14)10-15-13(19)16(11-4-5-11)9-6-12(17)18/h11H,2-10H2,1H3,(H,15,19)(H,17,18). The molecular weight excluding hydrogens is 244 g/mol. The van der Waals surface area contributed by atoms with E-state index in [1.807, 2.05) is 0 Å². The van der Waals surface area contributed by atoms with Crippen LogP contribution >= 0.6 is 0 Å². The molecule has 2 N–H and O–H groups in total. The van der Waals surface area contributed by atoms with Crippen LogP contribution in [0.1, 0.15) is 51.9 Å². The first-order valence-corrected chi connectivity index (χ1v) is 7.26. The Labute approximate surface area is 114 Å². The van der Waals surface area contributed by atoms with Crippen LogP contribution in [0.5, 0.6) is 0 Å². The molecule has 0 bridgehead atoms. The fourth-order valence-electron chi connectivity index (χ4n) is 2.85. The van der Waals surface area contributed by atoms with Gasteiger partial charge >= 0.3 is 12.0 Å². The van der Waals surface area contributed by atoms with Crippen LogP contribution in [-0.2, 0) is 4.79 Å². The Balaban J connectivity index is 1.80. The van der Waals surface area contributed by atoms with Crippen molar-refractivity contribution in [1.29, 1.82) is 0 Å². The third kappa shape index (κ3) is 4.11. The Morgan fingerprint density at radius 2 is 1.95 bits per heavy atom. The van der Waals surface area contributed by atoms with Crippen molar-refractivity contribution < 1.29 is 14.7 Å². The number of aliphatic carboxylic acids is 1. The van der Waals surface area contributed by atoms with Gasteiger partial charge in [-0.05, 0) is 31.1 Å². The van der Waals surface area contributed by atoms with Crippen molar-refractivity contribution in [2.24, 2.45) is 5.41 Å². The molecule has 0 heterocycles. The van der Waals surface area contributed by atoms with E-state index in [-0.39, 0.29) is 23.9 Å². The van der Waals surface area contributed by atoms with Crippen LogP contribution in [0.15, 0.2) is 0 Å². The summed E-state index contributed by atoms with van der Waals surface area (Å²) in [5.74, 6) is -0.846. The van der Waals surface area contributed by atoms with E-state index in [0.29, 0.717) is 13.1 Å². The van der Waals surface area contributed by atoms with Crippen molar-refractivity contribution in [2.45, 2.75) is 57.9 Å². The van der Waals surface area contributed by atoms with Crippen LogP contribution in [0.25, 0.3) is 0 Å². The van der Waals surface area contributed by atoms with Crippen LogP contribution in [-0.4, -0.2) is 41.1 Å². The van der Waals surface area contributed by atoms with E-state index in [9.17, 15) is 9.59 Å². The smallest absolute Gasteiger partial charge is 0.317 e. The Hall–Kier alpha value is -1.26. The monoisotopic (exact) mass is 268 g/mol. The van der Waals surface area contributed by atoms with Gasteiger partial charge in [-0.1, -0.05) is 19.8 Å². The van der Waals surface area contributed by atoms with Gasteiger partial charge in [0, 0.05) is 19.1 Å². The average Bonchev–Trinajstić information content (AvgIpc) is 3.09. The van der Waals surface area contributed by atoms with Gasteiger partial charge in [0.2, 0.25) is 0 Å². The van der Waals surface area contributed by atoms with Crippen molar-refractivity contribution in [1.82, 2.24) is 10.2 Å². The van der Waals surface area contributed by atoms with Gasteiger partial charge < -0.3 is 15.3 Å². The number of carbonyl (C=O) groups excluding carboxylic acids is 1. The number of nitrogens with zero attached hydrogens (tertiary/aromatic N) is 1. The van der Waals surface area contributed by atoms with E-state index >= 15 is 0 Å². The number of carboxylic acid groups (broad SMARTS) is 1. The van der Waals surface area contributed by atoms with Crippen LogP contribution < -0.4 is 5.32 Å². The lowest BCUT2D eigenvalue weighted by molar-refractivity contribution is -0.137. The Morgan fingerprint density at radius 1 is 1.32 bits per heavy atom. The lowest BCUT2D eigenvalue weighted by atomic mass is 9.89. The molecule has 108 valence electrons. The van der Waals surface area contributed by atoms with Gasteiger partial charge in [-0.15, -0.1) is 0 Å². The molecule has 2 aliphatic rings. The molecule has 2 saturated carbocycles. The van der Waals surface area contributed by atoms with E-state index in [1.54, 1.807) is 4.90 Å². The molecule has 0 unspecified atom stereocenters. The first-order valence-electron chi connectivity index (χ1n) is 7.26. The van der Waals surface area contributed by atoms with E-state index in [2.05, 4.69) is 12.2 Å². The lowest BCUT2D eigenvalue weighted by Gasteiger charge is -2.27. The second-order valence-electron chi connectivity index (χ2n) is 6.24. The number of carboxylic acids is 1. The van der Waals surface area contributed by atoms with Crippen LogP contribution in [0.2, 0.25) is 0 Å². The van der Waals surface area contributed by atoms with Crippen molar-refractivity contribution in [3.05, 3.63) is 0 Å². The quantitative estimate of drug-likeness (QED) is 0.776. The maximum absolute atomic E-state index is 12.2. The number of rotatable bonds is 6. The fourth-order valence-corrected chi connectivity index (χ4v) is 2.85. The van der Waals surface area contributed by atoms with Crippen LogP contribution in [0, 0.1) is 5.41 Å². The van der Waals surface area contributed by atoms with Gasteiger partial charge in [0.15, 0.2) is 0 Å². The predicted octanol–water partition coefficient (Wildman–Crippen LogP) is 2.22. The zero-order valence-electron chi connectivity index (χ0n) is 11.7. The Bertz CT molecular complexity index is 347. The molecule has 5 heteroatoms. The molecule has 0 aromatic rings. The molecular formula is C14H24N2O3. The Kier molecular flexibility index (Phi) is 4.32. The largest absolute Gasteiger partial charge is 0.481 e. The van der Waals surface area contributed by atoms with Gasteiger partial charge in [0.25, 0.3) is 0 Å². The Morgan fingerprint density at radius 3 is 2.47 bits per heavy atom. The maximum atomic E-state index is 12.2. The SMILES string of the molecule is CC1(CNC(=O)N(CCC(=O)O)C2CC2)CCCC1. The molecule has 0 aromatic heterocycles. The zero-order valence-corrected chi connectivity index (χ0v) is 11.7. The molecule has 2 amide bonds. The normalized spacial score (nSPS) is 21.1. The minimum Gasteiger partial charge on any atom is -0.481 e. The average molecular weight is 268 g/mol. The molecule has 0 aromatic carbocycles. The predicted molar refractivity (Wildman–Crippen MR) is 72.0 cm³/mol. The number of hydrogen-bond donors (Lipinski definition) is 2. The van der Waals surface area contributed by atoms with Crippen LogP contribution in [0.3, 0.4) is 0 Å². The number of urea groups is 1. The molecule has 0 radical (unpaired) electrons. The highest BCUT2D eigenvalue weighted by Gasteiger charge is 2.34. The molecule has 19 heavy (non-hydrogen) atoms. The number of carbonyl (C=O) groups is 2. The molecule has 0 spiro atoms. The van der Waals surface area contributed by atoms with Gasteiger partial charge in [0.05, 0.1) is 6.42 Å². The van der Waals surface area contributed by atoms with Crippen molar-refractivity contribution >= 4 is 12.0 Å². The van der Waals surface area contributed by atoms with E-state index < -0.39 is 5.97 Å². The zero-order chi connectivity index (χ0) is 13.9. The highest BCUT2D eigenvalue weighted by Crippen LogP contribution is 2.36. The summed E-state index contributed by atoms with van der Waals surface area (Å²) in [5.41, 5.74) is 0.234. The maximum Gasteiger partial charge on any atom is 0.317 e. The summed E-state index contributed by atoms with van der Waals surface area (Å²) >= 11 is 0. The molecule has 0 aliphatic heterocycles.